The molecule has 2 fully saturated rings. The molecule has 2 heteroatoms. The van der Waals surface area contributed by atoms with Crippen LogP contribution in [0.4, 0.5) is 5.69 Å². The molecular formula is C16H24N2. The molecule has 2 aliphatic rings. The van der Waals surface area contributed by atoms with E-state index in [1.165, 1.54) is 56.4 Å². The molecule has 1 N–H and O–H groups in total. The van der Waals surface area contributed by atoms with Gasteiger partial charge in [-0.05, 0) is 62.4 Å². The van der Waals surface area contributed by atoms with Crippen molar-refractivity contribution in [1.82, 2.24) is 4.90 Å². The fraction of sp³-hybridized carbons (Fsp3) is 0.625. The van der Waals surface area contributed by atoms with Gasteiger partial charge in [-0.3, -0.25) is 4.90 Å². The molecule has 98 valence electrons. The first-order valence-corrected chi connectivity index (χ1v) is 7.45. The molecule has 1 aliphatic carbocycles. The van der Waals surface area contributed by atoms with Gasteiger partial charge in [0.15, 0.2) is 0 Å². The molecule has 1 saturated carbocycles. The number of benzene rings is 1. The number of rotatable bonds is 5. The summed E-state index contributed by atoms with van der Waals surface area (Å²) in [5, 5.41) is 3.59. The van der Waals surface area contributed by atoms with Crippen molar-refractivity contribution in [2.45, 2.75) is 38.6 Å². The maximum absolute atomic E-state index is 3.59. The number of nitrogens with zero attached hydrogens (tertiary/aromatic N) is 1. The minimum absolute atomic E-state index is 0.923. The van der Waals surface area contributed by atoms with Gasteiger partial charge >= 0.3 is 0 Å². The lowest BCUT2D eigenvalue weighted by atomic mass is 9.85. The van der Waals surface area contributed by atoms with Gasteiger partial charge in [-0.15, -0.1) is 0 Å². The Bertz CT molecular complexity index is 378. The van der Waals surface area contributed by atoms with E-state index in [-0.39, 0.29) is 0 Å². The van der Waals surface area contributed by atoms with Gasteiger partial charge in [0.2, 0.25) is 0 Å². The lowest BCUT2D eigenvalue weighted by Crippen LogP contribution is -2.21. The average Bonchev–Trinajstić information content (AvgIpc) is 2.80. The molecule has 3 rings (SSSR count). The smallest absolute Gasteiger partial charge is 0.0343 e. The van der Waals surface area contributed by atoms with E-state index < -0.39 is 0 Å². The normalized spacial score (nSPS) is 20.9. The summed E-state index contributed by atoms with van der Waals surface area (Å²) in [5.74, 6) is 0.923. The second-order valence-corrected chi connectivity index (χ2v) is 5.86. The van der Waals surface area contributed by atoms with E-state index in [2.05, 4.69) is 34.5 Å². The summed E-state index contributed by atoms with van der Waals surface area (Å²) in [7, 11) is 0. The van der Waals surface area contributed by atoms with Crippen molar-refractivity contribution in [2.24, 2.45) is 5.92 Å². The van der Waals surface area contributed by atoms with Gasteiger partial charge in [0, 0.05) is 18.8 Å². The Kier molecular flexibility index (Phi) is 3.84. The second kappa shape index (κ2) is 5.75. The minimum atomic E-state index is 0.923. The molecule has 1 aliphatic heterocycles. The first-order chi connectivity index (χ1) is 8.90. The Hall–Kier alpha value is -1.02. The van der Waals surface area contributed by atoms with Crippen molar-refractivity contribution in [3.8, 4) is 0 Å². The first kappa shape index (κ1) is 12.0. The highest BCUT2D eigenvalue weighted by atomic mass is 15.1. The molecule has 0 atom stereocenters. The van der Waals surface area contributed by atoms with Crippen molar-refractivity contribution in [1.29, 1.82) is 0 Å². The van der Waals surface area contributed by atoms with Crippen LogP contribution in [0.2, 0.25) is 0 Å². The fourth-order valence-electron chi connectivity index (χ4n) is 2.94. The number of hydrogen-bond donors (Lipinski definition) is 1. The largest absolute Gasteiger partial charge is 0.385 e. The summed E-state index contributed by atoms with van der Waals surface area (Å²) >= 11 is 0. The van der Waals surface area contributed by atoms with E-state index in [4.69, 9.17) is 0 Å². The Morgan fingerprint density at radius 2 is 1.94 bits per heavy atom. The van der Waals surface area contributed by atoms with Crippen LogP contribution >= 0.6 is 0 Å². The van der Waals surface area contributed by atoms with Crippen LogP contribution in [0.5, 0.6) is 0 Å². The predicted molar refractivity (Wildman–Crippen MR) is 76.8 cm³/mol. The summed E-state index contributed by atoms with van der Waals surface area (Å²) < 4.78 is 0. The Balaban J connectivity index is 1.53. The highest BCUT2D eigenvalue weighted by Crippen LogP contribution is 2.26. The van der Waals surface area contributed by atoms with Crippen molar-refractivity contribution in [3.63, 3.8) is 0 Å². The molecule has 0 amide bonds. The van der Waals surface area contributed by atoms with Gasteiger partial charge in [-0.2, -0.15) is 0 Å². The summed E-state index contributed by atoms with van der Waals surface area (Å²) in [6.07, 6.45) is 7.02. The molecule has 1 aromatic carbocycles. The van der Waals surface area contributed by atoms with Gasteiger partial charge in [0.1, 0.15) is 0 Å². The highest BCUT2D eigenvalue weighted by Gasteiger charge is 2.16. The third kappa shape index (κ3) is 3.05. The zero-order valence-electron chi connectivity index (χ0n) is 11.2. The van der Waals surface area contributed by atoms with Crippen LogP contribution in [0.3, 0.4) is 0 Å². The highest BCUT2D eigenvalue weighted by molar-refractivity contribution is 5.45. The Labute approximate surface area is 110 Å². The summed E-state index contributed by atoms with van der Waals surface area (Å²) in [6.45, 7) is 4.84. The molecule has 0 spiro atoms. The van der Waals surface area contributed by atoms with E-state index in [9.17, 15) is 0 Å². The molecule has 18 heavy (non-hydrogen) atoms. The molecule has 1 heterocycles. The van der Waals surface area contributed by atoms with Gasteiger partial charge < -0.3 is 5.32 Å². The van der Waals surface area contributed by atoms with Crippen LogP contribution in [0.1, 0.15) is 37.7 Å². The average molecular weight is 244 g/mol. The van der Waals surface area contributed by atoms with E-state index in [0.29, 0.717) is 0 Å². The van der Waals surface area contributed by atoms with Crippen LogP contribution in [0.25, 0.3) is 0 Å². The van der Waals surface area contributed by atoms with Gasteiger partial charge in [-0.1, -0.05) is 18.6 Å². The lowest BCUT2D eigenvalue weighted by Gasteiger charge is -2.26. The third-order valence-corrected chi connectivity index (χ3v) is 4.35. The van der Waals surface area contributed by atoms with Crippen LogP contribution in [0.15, 0.2) is 24.3 Å². The minimum Gasteiger partial charge on any atom is -0.385 e. The molecule has 0 bridgehead atoms. The molecule has 1 saturated heterocycles. The standard InChI is InChI=1S/C16H24N2/c1-2-10-18(9-1)13-15-7-4-8-16(11-15)17-12-14-5-3-6-14/h4,7-8,11,14,17H,1-3,5-6,9-10,12-13H2. The molecular weight excluding hydrogens is 220 g/mol. The van der Waals surface area contributed by atoms with E-state index in [1.807, 2.05) is 0 Å². The zero-order chi connectivity index (χ0) is 12.2. The molecule has 0 unspecified atom stereocenters. The summed E-state index contributed by atoms with van der Waals surface area (Å²) in [6, 6.07) is 8.98. The van der Waals surface area contributed by atoms with Crippen LogP contribution < -0.4 is 5.32 Å². The Morgan fingerprint density at radius 1 is 1.11 bits per heavy atom. The number of hydrogen-bond acceptors (Lipinski definition) is 2. The van der Waals surface area contributed by atoms with Gasteiger partial charge in [-0.25, -0.2) is 0 Å². The number of anilines is 1. The predicted octanol–water partition coefficient (Wildman–Crippen LogP) is 3.49. The first-order valence-electron chi connectivity index (χ1n) is 7.45. The van der Waals surface area contributed by atoms with Crippen molar-refractivity contribution < 1.29 is 0 Å². The third-order valence-electron chi connectivity index (χ3n) is 4.35. The summed E-state index contributed by atoms with van der Waals surface area (Å²) in [5.41, 5.74) is 2.76. The summed E-state index contributed by atoms with van der Waals surface area (Å²) in [4.78, 5) is 2.56. The molecule has 2 nitrogen and oxygen atoms in total. The van der Waals surface area contributed by atoms with E-state index in [1.54, 1.807) is 0 Å². The quantitative estimate of drug-likeness (QED) is 0.853. The maximum atomic E-state index is 3.59. The van der Waals surface area contributed by atoms with E-state index >= 15 is 0 Å². The van der Waals surface area contributed by atoms with Gasteiger partial charge in [0.25, 0.3) is 0 Å². The molecule has 1 aromatic rings. The van der Waals surface area contributed by atoms with Crippen LogP contribution in [-0.4, -0.2) is 24.5 Å². The van der Waals surface area contributed by atoms with E-state index in [0.717, 1.165) is 19.0 Å². The lowest BCUT2D eigenvalue weighted by molar-refractivity contribution is 0.331. The fourth-order valence-corrected chi connectivity index (χ4v) is 2.94. The van der Waals surface area contributed by atoms with Gasteiger partial charge in [0.05, 0.1) is 0 Å². The monoisotopic (exact) mass is 244 g/mol. The zero-order valence-corrected chi connectivity index (χ0v) is 11.2. The SMILES string of the molecule is c1cc(CN2CCCC2)cc(NCC2CCC2)c1. The van der Waals surface area contributed by atoms with Crippen molar-refractivity contribution >= 4 is 5.69 Å². The topological polar surface area (TPSA) is 15.3 Å². The molecule has 0 radical (unpaired) electrons. The second-order valence-electron chi connectivity index (χ2n) is 5.86. The van der Waals surface area contributed by atoms with Crippen LogP contribution in [-0.2, 0) is 6.54 Å². The maximum Gasteiger partial charge on any atom is 0.0343 e. The number of nitrogens with one attached hydrogen (secondary N) is 1. The number of likely N-dealkylation sites (tertiary alicyclic amines) is 1. The Morgan fingerprint density at radius 3 is 2.67 bits per heavy atom. The van der Waals surface area contributed by atoms with Crippen LogP contribution in [0, 0.1) is 5.92 Å². The molecule has 0 aromatic heterocycles. The van der Waals surface area contributed by atoms with Crippen molar-refractivity contribution in [3.05, 3.63) is 29.8 Å². The van der Waals surface area contributed by atoms with Crippen molar-refractivity contribution in [2.75, 3.05) is 25.0 Å².